The Kier molecular flexibility index (Phi) is 12.9. The average Bonchev–Trinajstić information content (AvgIpc) is 3.14. The number of ketones is 1. The molecule has 4 aliphatic rings. The first kappa shape index (κ1) is 44.7. The zero-order valence-corrected chi connectivity index (χ0v) is 34.6. The van der Waals surface area contributed by atoms with Crippen LogP contribution in [0.4, 0.5) is 4.79 Å². The van der Waals surface area contributed by atoms with E-state index in [2.05, 4.69) is 5.32 Å². The molecule has 1 saturated heterocycles. The number of benzene rings is 1. The molecule has 3 fully saturated rings. The standard InChI is InChI=1S/C42H57NO15/c1-10-11-17-53-38(51)43-30(21(2)3)31(47)37(50)56-26-19-42(52)35(57-36(49)25-15-13-12-14-16-25)33-40(9,27(46)18-28-41(33,20-54-28)58-24(6)45)34(48)32(55-23(5)44)29(22(26)4)39(42,7)8/h12-16,21-22,26-28,30-31,33,35,46-47,52H,10-11,17-20H2,1-9H3,(H,43,51)/t22?,26?,27-,28+,30-,31+,33-,35-,40+,41-,42+/m0/s1. The number of hydrogen-bond acceptors (Lipinski definition) is 15. The molecule has 58 heavy (non-hydrogen) atoms. The monoisotopic (exact) mass is 815 g/mol. The molecule has 0 aromatic heterocycles. The molecule has 1 aromatic carbocycles. The minimum Gasteiger partial charge on any atom is -0.460 e. The number of Topliss-reactive ketones (excluding diaryl/α,β-unsaturated/α-hetero) is 1. The Hall–Kier alpha value is -4.38. The van der Waals surface area contributed by atoms with Crippen LogP contribution in [0.3, 0.4) is 0 Å². The first-order valence-corrected chi connectivity index (χ1v) is 19.9. The van der Waals surface area contributed by atoms with Crippen LogP contribution in [0, 0.1) is 28.6 Å². The summed E-state index contributed by atoms with van der Waals surface area (Å²) in [5.74, 6) is -8.31. The fourth-order valence-electron chi connectivity index (χ4n) is 9.48. The Morgan fingerprint density at radius 1 is 1.02 bits per heavy atom. The number of ether oxygens (including phenoxy) is 6. The Balaban J connectivity index is 1.71. The van der Waals surface area contributed by atoms with Crippen molar-refractivity contribution in [3.05, 3.63) is 47.2 Å². The molecule has 11 atom stereocenters. The maximum Gasteiger partial charge on any atom is 0.407 e. The highest BCUT2D eigenvalue weighted by atomic mass is 16.6. The predicted molar refractivity (Wildman–Crippen MR) is 202 cm³/mol. The van der Waals surface area contributed by atoms with Crippen LogP contribution >= 0.6 is 0 Å². The van der Waals surface area contributed by atoms with Gasteiger partial charge in [-0.25, -0.2) is 14.4 Å². The second-order valence-electron chi connectivity index (χ2n) is 17.1. The topological polar surface area (TPSA) is 231 Å². The Morgan fingerprint density at radius 2 is 1.67 bits per heavy atom. The zero-order valence-electron chi connectivity index (χ0n) is 34.6. The van der Waals surface area contributed by atoms with E-state index in [-0.39, 0.29) is 30.8 Å². The van der Waals surface area contributed by atoms with Crippen LogP contribution in [-0.2, 0) is 47.6 Å². The molecule has 16 nitrogen and oxygen atoms in total. The molecule has 16 heteroatoms. The zero-order chi connectivity index (χ0) is 43.1. The van der Waals surface area contributed by atoms with Gasteiger partial charge in [-0.1, -0.05) is 66.2 Å². The van der Waals surface area contributed by atoms with Crippen LogP contribution in [0.1, 0.15) is 98.4 Å². The highest BCUT2D eigenvalue weighted by Crippen LogP contribution is 2.65. The molecule has 1 amide bonds. The van der Waals surface area contributed by atoms with Gasteiger partial charge in [-0.15, -0.1) is 0 Å². The Labute approximate surface area is 337 Å². The molecule has 0 spiro atoms. The van der Waals surface area contributed by atoms with E-state index in [0.29, 0.717) is 6.42 Å². The summed E-state index contributed by atoms with van der Waals surface area (Å²) < 4.78 is 35.2. The number of carbonyl (C=O) groups excluding carboxylic acids is 6. The third-order valence-electron chi connectivity index (χ3n) is 12.8. The summed E-state index contributed by atoms with van der Waals surface area (Å²) in [7, 11) is 0. The average molecular weight is 816 g/mol. The number of aliphatic hydroxyl groups is 3. The molecule has 2 bridgehead atoms. The molecule has 320 valence electrons. The maximum atomic E-state index is 15.3. The highest BCUT2D eigenvalue weighted by molar-refractivity contribution is 6.02. The molecule has 2 saturated carbocycles. The number of aliphatic hydroxyl groups excluding tert-OH is 2. The van der Waals surface area contributed by atoms with Crippen molar-refractivity contribution in [1.29, 1.82) is 0 Å². The number of amides is 1. The van der Waals surface area contributed by atoms with Crippen LogP contribution < -0.4 is 5.32 Å². The van der Waals surface area contributed by atoms with Crippen molar-refractivity contribution in [1.82, 2.24) is 5.32 Å². The van der Waals surface area contributed by atoms with Gasteiger partial charge in [0.25, 0.3) is 0 Å². The summed E-state index contributed by atoms with van der Waals surface area (Å²) in [6.07, 6.45) is -7.90. The molecular formula is C42H57NO15. The van der Waals surface area contributed by atoms with Gasteiger partial charge < -0.3 is 49.1 Å². The van der Waals surface area contributed by atoms with Crippen molar-refractivity contribution in [2.75, 3.05) is 13.2 Å². The first-order valence-electron chi connectivity index (χ1n) is 19.9. The second kappa shape index (κ2) is 16.7. The number of alkyl carbamates (subject to hydrolysis) is 1. The normalized spacial score (nSPS) is 33.4. The third-order valence-corrected chi connectivity index (χ3v) is 12.8. The summed E-state index contributed by atoms with van der Waals surface area (Å²) in [5, 5.41) is 39.4. The fraction of sp³-hybridized carbons (Fsp3) is 0.667. The number of hydrogen-bond donors (Lipinski definition) is 4. The quantitative estimate of drug-likeness (QED) is 0.135. The lowest BCUT2D eigenvalue weighted by Crippen LogP contribution is -2.81. The molecule has 2 unspecified atom stereocenters. The number of allylic oxidation sites excluding steroid dienone is 1. The molecule has 5 rings (SSSR count). The van der Waals surface area contributed by atoms with Crippen molar-refractivity contribution in [2.45, 2.75) is 136 Å². The van der Waals surface area contributed by atoms with Gasteiger partial charge in [-0.3, -0.25) is 14.4 Å². The van der Waals surface area contributed by atoms with Crippen LogP contribution in [0.2, 0.25) is 0 Å². The lowest BCUT2D eigenvalue weighted by molar-refractivity contribution is -0.345. The van der Waals surface area contributed by atoms with E-state index in [1.165, 1.54) is 19.1 Å². The summed E-state index contributed by atoms with van der Waals surface area (Å²) in [5.41, 5.74) is -7.75. The molecule has 4 N–H and O–H groups in total. The number of unbranched alkanes of at least 4 members (excludes halogenated alkanes) is 1. The van der Waals surface area contributed by atoms with Gasteiger partial charge in [0.1, 0.15) is 23.9 Å². The number of esters is 4. The minimum atomic E-state index is -2.36. The lowest BCUT2D eigenvalue weighted by atomic mass is 9.45. The number of rotatable bonds is 12. The van der Waals surface area contributed by atoms with Crippen molar-refractivity contribution in [3.8, 4) is 0 Å². The first-order chi connectivity index (χ1) is 27.1. The van der Waals surface area contributed by atoms with Crippen LogP contribution in [0.5, 0.6) is 0 Å². The predicted octanol–water partition coefficient (Wildman–Crippen LogP) is 3.32. The lowest BCUT2D eigenvalue weighted by Gasteiger charge is -2.67. The maximum absolute atomic E-state index is 15.3. The largest absolute Gasteiger partial charge is 0.460 e. The second-order valence-corrected chi connectivity index (χ2v) is 17.1. The van der Waals surface area contributed by atoms with E-state index in [4.69, 9.17) is 28.4 Å². The molecule has 1 aromatic rings. The molecule has 3 aliphatic carbocycles. The van der Waals surface area contributed by atoms with Crippen LogP contribution in [0.25, 0.3) is 0 Å². The fourth-order valence-corrected chi connectivity index (χ4v) is 9.48. The van der Waals surface area contributed by atoms with Crippen molar-refractivity contribution in [3.63, 3.8) is 0 Å². The summed E-state index contributed by atoms with van der Waals surface area (Å²) >= 11 is 0. The van der Waals surface area contributed by atoms with E-state index in [9.17, 15) is 39.3 Å². The van der Waals surface area contributed by atoms with E-state index in [1.807, 2.05) is 6.92 Å². The van der Waals surface area contributed by atoms with Gasteiger partial charge >= 0.3 is 30.0 Å². The summed E-state index contributed by atoms with van der Waals surface area (Å²) in [4.78, 5) is 81.8. The van der Waals surface area contributed by atoms with Crippen molar-refractivity contribution in [2.24, 2.45) is 28.6 Å². The Bertz CT molecular complexity index is 1810. The summed E-state index contributed by atoms with van der Waals surface area (Å²) in [6, 6.07) is 6.67. The Morgan fingerprint density at radius 3 is 2.22 bits per heavy atom. The van der Waals surface area contributed by atoms with Gasteiger partial charge in [0, 0.05) is 38.0 Å². The smallest absolute Gasteiger partial charge is 0.407 e. The molecule has 0 radical (unpaired) electrons. The number of carbonyl (C=O) groups is 6. The van der Waals surface area contributed by atoms with E-state index >= 15 is 4.79 Å². The third kappa shape index (κ3) is 7.64. The van der Waals surface area contributed by atoms with Gasteiger partial charge in [0.2, 0.25) is 5.78 Å². The van der Waals surface area contributed by atoms with E-state index in [1.54, 1.807) is 52.8 Å². The number of nitrogens with one attached hydrogen (secondary N) is 1. The van der Waals surface area contributed by atoms with Gasteiger partial charge in [-0.2, -0.15) is 0 Å². The van der Waals surface area contributed by atoms with Gasteiger partial charge in [0.15, 0.2) is 17.5 Å². The highest BCUT2D eigenvalue weighted by Gasteiger charge is 2.78. The van der Waals surface area contributed by atoms with Crippen LogP contribution in [-0.4, -0.2) is 112 Å². The molecule has 1 heterocycles. The SMILES string of the molecule is CCCCOC(=O)N[C@@H](C(C)C)[C@@H](O)C(=O)OC1C[C@@]2(O)[C@@H](OC(=O)c3ccccc3)[C@@H]3[C@]4(OC(C)=O)CO[C@@H]4C[C@H](O)[C@@]3(C)C(=O)C(OC(C)=O)=C(C1C)C2(C)C. The van der Waals surface area contributed by atoms with E-state index < -0.39 is 124 Å². The summed E-state index contributed by atoms with van der Waals surface area (Å²) in [6.45, 7) is 13.4. The van der Waals surface area contributed by atoms with Crippen molar-refractivity contribution >= 4 is 35.8 Å². The van der Waals surface area contributed by atoms with Gasteiger partial charge in [0.05, 0.1) is 42.3 Å². The minimum absolute atomic E-state index is 0.00734. The van der Waals surface area contributed by atoms with Gasteiger partial charge in [-0.05, 0) is 37.0 Å². The van der Waals surface area contributed by atoms with E-state index in [0.717, 1.165) is 20.3 Å². The number of fused-ring (bicyclic) bond motifs is 5. The van der Waals surface area contributed by atoms with Crippen LogP contribution in [0.15, 0.2) is 41.7 Å². The molecule has 1 aliphatic heterocycles. The molecular weight excluding hydrogens is 758 g/mol. The van der Waals surface area contributed by atoms with Crippen molar-refractivity contribution < 1.29 is 72.5 Å².